The molecule has 0 fully saturated rings. The summed E-state index contributed by atoms with van der Waals surface area (Å²) < 4.78 is 10.4. The van der Waals surface area contributed by atoms with Gasteiger partial charge in [0.25, 0.3) is 0 Å². The van der Waals surface area contributed by atoms with Crippen LogP contribution < -0.4 is 0 Å². The first-order valence-electron chi connectivity index (χ1n) is 4.98. The number of thiophene rings is 1. The van der Waals surface area contributed by atoms with Gasteiger partial charge in [0.1, 0.15) is 0 Å². The van der Waals surface area contributed by atoms with Crippen LogP contribution in [0.3, 0.4) is 0 Å². The molecule has 4 heteroatoms. The van der Waals surface area contributed by atoms with Gasteiger partial charge in [-0.2, -0.15) is 0 Å². The Hall–Kier alpha value is -0.420. The molecule has 0 aliphatic rings. The van der Waals surface area contributed by atoms with Crippen LogP contribution in [0.5, 0.6) is 0 Å². The molecule has 15 heavy (non-hydrogen) atoms. The summed E-state index contributed by atoms with van der Waals surface area (Å²) in [5.74, 6) is 0. The fourth-order valence-corrected chi connectivity index (χ4v) is 2.23. The Kier molecular flexibility index (Phi) is 5.25. The molecule has 0 spiro atoms. The normalized spacial score (nSPS) is 13.7. The summed E-state index contributed by atoms with van der Waals surface area (Å²) in [5.41, 5.74) is 0. The van der Waals surface area contributed by atoms with Crippen molar-refractivity contribution < 1.29 is 9.47 Å². The van der Waals surface area contributed by atoms with Gasteiger partial charge in [0.05, 0.1) is 0 Å². The average molecular weight is 229 g/mol. The SMILES string of the molecule is COC(CN(C)C(C)c1cccs1)OC. The summed E-state index contributed by atoms with van der Waals surface area (Å²) >= 11 is 1.78. The second-order valence-electron chi connectivity index (χ2n) is 3.53. The monoisotopic (exact) mass is 229 g/mol. The van der Waals surface area contributed by atoms with E-state index in [4.69, 9.17) is 9.47 Å². The van der Waals surface area contributed by atoms with Crippen LogP contribution in [0.15, 0.2) is 17.5 Å². The van der Waals surface area contributed by atoms with E-state index < -0.39 is 0 Å². The van der Waals surface area contributed by atoms with Crippen molar-refractivity contribution in [1.29, 1.82) is 0 Å². The zero-order valence-corrected chi connectivity index (χ0v) is 10.6. The van der Waals surface area contributed by atoms with Crippen molar-refractivity contribution in [3.63, 3.8) is 0 Å². The number of ether oxygens (including phenoxy) is 2. The minimum atomic E-state index is -0.155. The maximum atomic E-state index is 5.18. The van der Waals surface area contributed by atoms with Crippen molar-refractivity contribution in [1.82, 2.24) is 4.90 Å². The van der Waals surface area contributed by atoms with Gasteiger partial charge in [0, 0.05) is 31.7 Å². The van der Waals surface area contributed by atoms with Gasteiger partial charge in [-0.1, -0.05) is 6.07 Å². The Morgan fingerprint density at radius 1 is 1.40 bits per heavy atom. The highest BCUT2D eigenvalue weighted by molar-refractivity contribution is 7.10. The Bertz CT molecular complexity index is 260. The molecule has 1 aromatic heterocycles. The minimum Gasteiger partial charge on any atom is -0.355 e. The third-order valence-corrected chi connectivity index (χ3v) is 3.62. The van der Waals surface area contributed by atoms with Gasteiger partial charge >= 0.3 is 0 Å². The van der Waals surface area contributed by atoms with Crippen molar-refractivity contribution >= 4 is 11.3 Å². The molecule has 1 rings (SSSR count). The smallest absolute Gasteiger partial charge is 0.169 e. The first-order valence-corrected chi connectivity index (χ1v) is 5.86. The van der Waals surface area contributed by atoms with E-state index >= 15 is 0 Å². The molecule has 1 atom stereocenters. The number of methoxy groups -OCH3 is 2. The molecule has 1 aromatic rings. The largest absolute Gasteiger partial charge is 0.355 e. The van der Waals surface area contributed by atoms with Gasteiger partial charge in [-0.05, 0) is 25.4 Å². The number of hydrogen-bond acceptors (Lipinski definition) is 4. The lowest BCUT2D eigenvalue weighted by Gasteiger charge is -2.27. The lowest BCUT2D eigenvalue weighted by molar-refractivity contribution is -0.117. The third-order valence-electron chi connectivity index (χ3n) is 2.58. The second kappa shape index (κ2) is 6.23. The van der Waals surface area contributed by atoms with Crippen molar-refractivity contribution in [2.45, 2.75) is 19.3 Å². The minimum absolute atomic E-state index is 0.155. The van der Waals surface area contributed by atoms with E-state index in [9.17, 15) is 0 Å². The van der Waals surface area contributed by atoms with E-state index in [-0.39, 0.29) is 6.29 Å². The molecule has 1 heterocycles. The Morgan fingerprint density at radius 2 is 2.07 bits per heavy atom. The third kappa shape index (κ3) is 3.57. The molecule has 0 aliphatic carbocycles. The molecule has 0 amide bonds. The fourth-order valence-electron chi connectivity index (χ4n) is 1.38. The predicted octanol–water partition coefficient (Wildman–Crippen LogP) is 2.36. The highest BCUT2D eigenvalue weighted by Crippen LogP contribution is 2.23. The second-order valence-corrected chi connectivity index (χ2v) is 4.51. The van der Waals surface area contributed by atoms with Crippen molar-refractivity contribution in [2.75, 3.05) is 27.8 Å². The van der Waals surface area contributed by atoms with E-state index in [1.165, 1.54) is 4.88 Å². The highest BCUT2D eigenvalue weighted by Gasteiger charge is 2.16. The number of rotatable bonds is 6. The molecule has 0 bridgehead atoms. The highest BCUT2D eigenvalue weighted by atomic mass is 32.1. The van der Waals surface area contributed by atoms with E-state index in [1.54, 1.807) is 25.6 Å². The molecule has 0 aliphatic heterocycles. The van der Waals surface area contributed by atoms with Gasteiger partial charge in [-0.3, -0.25) is 4.90 Å². The van der Waals surface area contributed by atoms with E-state index in [0.717, 1.165) is 6.54 Å². The lowest BCUT2D eigenvalue weighted by Crippen LogP contribution is -2.33. The maximum absolute atomic E-state index is 5.18. The maximum Gasteiger partial charge on any atom is 0.169 e. The molecule has 0 saturated heterocycles. The predicted molar refractivity (Wildman–Crippen MR) is 63.2 cm³/mol. The Morgan fingerprint density at radius 3 is 2.53 bits per heavy atom. The fraction of sp³-hybridized carbons (Fsp3) is 0.636. The van der Waals surface area contributed by atoms with E-state index in [2.05, 4.69) is 36.4 Å². The number of nitrogens with zero attached hydrogens (tertiary/aromatic N) is 1. The lowest BCUT2D eigenvalue weighted by atomic mass is 10.2. The summed E-state index contributed by atoms with van der Waals surface area (Å²) in [5, 5.41) is 2.10. The summed E-state index contributed by atoms with van der Waals surface area (Å²) in [7, 11) is 5.41. The first kappa shape index (κ1) is 12.6. The van der Waals surface area contributed by atoms with Crippen LogP contribution in [0.2, 0.25) is 0 Å². The summed E-state index contributed by atoms with van der Waals surface area (Å²) in [6, 6.07) is 4.63. The average Bonchev–Trinajstić information content (AvgIpc) is 2.77. The van der Waals surface area contributed by atoms with Gasteiger partial charge in [0.2, 0.25) is 0 Å². The quantitative estimate of drug-likeness (QED) is 0.699. The van der Waals surface area contributed by atoms with Crippen LogP contribution in [0.4, 0.5) is 0 Å². The van der Waals surface area contributed by atoms with Crippen molar-refractivity contribution in [3.05, 3.63) is 22.4 Å². The molecule has 1 unspecified atom stereocenters. The first-order chi connectivity index (χ1) is 7.19. The molecule has 0 aromatic carbocycles. The van der Waals surface area contributed by atoms with Crippen molar-refractivity contribution in [2.24, 2.45) is 0 Å². The van der Waals surface area contributed by atoms with E-state index in [1.807, 2.05) is 0 Å². The molecule has 86 valence electrons. The van der Waals surface area contributed by atoms with E-state index in [0.29, 0.717) is 6.04 Å². The van der Waals surface area contributed by atoms with Crippen LogP contribution in [-0.4, -0.2) is 39.0 Å². The summed E-state index contributed by atoms with van der Waals surface area (Å²) in [6.45, 7) is 2.96. The number of hydrogen-bond donors (Lipinski definition) is 0. The van der Waals surface area contributed by atoms with Crippen LogP contribution in [-0.2, 0) is 9.47 Å². The zero-order valence-electron chi connectivity index (χ0n) is 9.77. The van der Waals surface area contributed by atoms with Crippen LogP contribution in [0.1, 0.15) is 17.8 Å². The molecule has 0 N–H and O–H groups in total. The Balaban J connectivity index is 2.49. The molecule has 0 saturated carbocycles. The van der Waals surface area contributed by atoms with Gasteiger partial charge in [-0.25, -0.2) is 0 Å². The zero-order chi connectivity index (χ0) is 11.3. The molecule has 0 radical (unpaired) electrons. The standard InChI is InChI=1S/C11H19NO2S/c1-9(10-6-5-7-15-10)12(2)8-11(13-3)14-4/h5-7,9,11H,8H2,1-4H3. The summed E-state index contributed by atoms with van der Waals surface area (Å²) in [6.07, 6.45) is -0.155. The number of likely N-dealkylation sites (N-methyl/N-ethyl adjacent to an activating group) is 1. The van der Waals surface area contributed by atoms with Gasteiger partial charge < -0.3 is 9.47 Å². The summed E-state index contributed by atoms with van der Waals surface area (Å²) in [4.78, 5) is 3.59. The van der Waals surface area contributed by atoms with Gasteiger partial charge in [0.15, 0.2) is 6.29 Å². The van der Waals surface area contributed by atoms with Crippen LogP contribution in [0.25, 0.3) is 0 Å². The molecule has 3 nitrogen and oxygen atoms in total. The topological polar surface area (TPSA) is 21.7 Å². The van der Waals surface area contributed by atoms with Crippen LogP contribution in [0, 0.1) is 0 Å². The van der Waals surface area contributed by atoms with Gasteiger partial charge in [-0.15, -0.1) is 11.3 Å². The molecular formula is C11H19NO2S. The van der Waals surface area contributed by atoms with Crippen LogP contribution >= 0.6 is 11.3 Å². The van der Waals surface area contributed by atoms with Crippen molar-refractivity contribution in [3.8, 4) is 0 Å². The molecular weight excluding hydrogens is 210 g/mol. The Labute approximate surface area is 95.6 Å².